The predicted octanol–water partition coefficient (Wildman–Crippen LogP) is 5.26. The number of hydrogen-bond acceptors (Lipinski definition) is 6. The van der Waals surface area contributed by atoms with Gasteiger partial charge < -0.3 is 5.32 Å². The molecule has 1 N–H and O–H groups in total. The summed E-state index contributed by atoms with van der Waals surface area (Å²) in [6.07, 6.45) is 0. The Bertz CT molecular complexity index is 857. The Morgan fingerprint density at radius 2 is 1.60 bits per heavy atom. The first-order chi connectivity index (χ1) is 12.0. The lowest BCUT2D eigenvalue weighted by Crippen LogP contribution is -2.13. The predicted molar refractivity (Wildman–Crippen MR) is 105 cm³/mol. The zero-order chi connectivity index (χ0) is 17.8. The molecular formula is C19H19N3OS2. The average Bonchev–Trinajstić information content (AvgIpc) is 3.04. The van der Waals surface area contributed by atoms with Gasteiger partial charge in [-0.2, -0.15) is 0 Å². The number of rotatable bonds is 6. The standard InChI is InChI=1S/C19H19N3OS2/c1-12-4-8-15(9-5-12)17(23)14(3)24-19-22-21-18(25-19)20-16-10-6-13(2)7-11-16/h4-11,14H,1-3H3,(H,20,21)/t14-/m1/s1. The van der Waals surface area contributed by atoms with Crippen LogP contribution in [-0.2, 0) is 0 Å². The fourth-order valence-corrected chi connectivity index (χ4v) is 4.22. The zero-order valence-electron chi connectivity index (χ0n) is 14.3. The Morgan fingerprint density at radius 3 is 2.24 bits per heavy atom. The fourth-order valence-electron chi connectivity index (χ4n) is 2.23. The second-order valence-electron chi connectivity index (χ2n) is 5.85. The zero-order valence-corrected chi connectivity index (χ0v) is 15.9. The summed E-state index contributed by atoms with van der Waals surface area (Å²) >= 11 is 2.89. The van der Waals surface area contributed by atoms with E-state index in [1.54, 1.807) is 0 Å². The molecule has 0 amide bonds. The van der Waals surface area contributed by atoms with E-state index in [1.807, 2.05) is 62.4 Å². The SMILES string of the molecule is Cc1ccc(Nc2nnc(S[C@H](C)C(=O)c3ccc(C)cc3)s2)cc1. The maximum Gasteiger partial charge on any atom is 0.210 e. The van der Waals surface area contributed by atoms with Gasteiger partial charge in [-0.05, 0) is 32.9 Å². The first-order valence-corrected chi connectivity index (χ1v) is 9.65. The van der Waals surface area contributed by atoms with Crippen LogP contribution in [0.1, 0.15) is 28.4 Å². The largest absolute Gasteiger partial charge is 0.330 e. The number of thioether (sulfide) groups is 1. The molecule has 0 bridgehead atoms. The normalized spacial score (nSPS) is 12.0. The second kappa shape index (κ2) is 7.80. The van der Waals surface area contributed by atoms with Crippen LogP contribution in [0.25, 0.3) is 0 Å². The van der Waals surface area contributed by atoms with Gasteiger partial charge in [0.2, 0.25) is 5.13 Å². The molecule has 25 heavy (non-hydrogen) atoms. The molecule has 128 valence electrons. The van der Waals surface area contributed by atoms with Crippen LogP contribution in [0.4, 0.5) is 10.8 Å². The Kier molecular flexibility index (Phi) is 5.50. The van der Waals surface area contributed by atoms with Gasteiger partial charge in [0.05, 0.1) is 5.25 Å². The van der Waals surface area contributed by atoms with Gasteiger partial charge in [0.25, 0.3) is 0 Å². The van der Waals surface area contributed by atoms with Crippen molar-refractivity contribution in [1.29, 1.82) is 0 Å². The number of carbonyl (C=O) groups excluding carboxylic acids is 1. The van der Waals surface area contributed by atoms with E-state index in [0.29, 0.717) is 0 Å². The van der Waals surface area contributed by atoms with E-state index in [2.05, 4.69) is 22.4 Å². The topological polar surface area (TPSA) is 54.9 Å². The van der Waals surface area contributed by atoms with Crippen LogP contribution in [0.2, 0.25) is 0 Å². The molecule has 1 atom stereocenters. The first-order valence-electron chi connectivity index (χ1n) is 7.96. The van der Waals surface area contributed by atoms with Crippen LogP contribution in [-0.4, -0.2) is 21.2 Å². The summed E-state index contributed by atoms with van der Waals surface area (Å²) in [7, 11) is 0. The highest BCUT2D eigenvalue weighted by Crippen LogP contribution is 2.31. The quantitative estimate of drug-likeness (QED) is 0.474. The lowest BCUT2D eigenvalue weighted by atomic mass is 10.1. The number of ketones is 1. The van der Waals surface area contributed by atoms with Crippen LogP contribution in [0, 0.1) is 13.8 Å². The van der Waals surface area contributed by atoms with E-state index in [0.717, 1.165) is 26.3 Å². The molecule has 6 heteroatoms. The van der Waals surface area contributed by atoms with Crippen molar-refractivity contribution in [1.82, 2.24) is 10.2 Å². The number of aryl methyl sites for hydroxylation is 2. The smallest absolute Gasteiger partial charge is 0.210 e. The summed E-state index contributed by atoms with van der Waals surface area (Å²) in [5.74, 6) is 0.105. The highest BCUT2D eigenvalue weighted by atomic mass is 32.2. The maximum atomic E-state index is 12.5. The monoisotopic (exact) mass is 369 g/mol. The summed E-state index contributed by atoms with van der Waals surface area (Å²) in [6.45, 7) is 5.97. The number of hydrogen-bond donors (Lipinski definition) is 1. The molecule has 3 aromatic rings. The maximum absolute atomic E-state index is 12.5. The number of nitrogens with one attached hydrogen (secondary N) is 1. The van der Waals surface area contributed by atoms with Crippen molar-refractivity contribution in [2.75, 3.05) is 5.32 Å². The minimum atomic E-state index is -0.206. The highest BCUT2D eigenvalue weighted by molar-refractivity contribution is 8.02. The summed E-state index contributed by atoms with van der Waals surface area (Å²) in [4.78, 5) is 12.5. The van der Waals surface area contributed by atoms with Gasteiger partial charge in [-0.15, -0.1) is 10.2 Å². The van der Waals surface area contributed by atoms with Gasteiger partial charge in [-0.1, -0.05) is 70.6 Å². The molecule has 0 fully saturated rings. The van der Waals surface area contributed by atoms with Crippen LogP contribution in [0.15, 0.2) is 52.9 Å². The van der Waals surface area contributed by atoms with Gasteiger partial charge in [0.1, 0.15) is 0 Å². The molecule has 0 unspecified atom stereocenters. The van der Waals surface area contributed by atoms with E-state index >= 15 is 0 Å². The Balaban J connectivity index is 1.63. The number of anilines is 2. The third-order valence-electron chi connectivity index (χ3n) is 3.69. The van der Waals surface area contributed by atoms with Crippen molar-refractivity contribution in [3.8, 4) is 0 Å². The van der Waals surface area contributed by atoms with Gasteiger partial charge in [0.15, 0.2) is 10.1 Å². The fraction of sp³-hybridized carbons (Fsp3) is 0.211. The third kappa shape index (κ3) is 4.67. The molecule has 1 heterocycles. The van der Waals surface area contributed by atoms with Crippen LogP contribution >= 0.6 is 23.1 Å². The number of aromatic nitrogens is 2. The second-order valence-corrected chi connectivity index (χ2v) is 8.42. The van der Waals surface area contributed by atoms with Crippen molar-refractivity contribution >= 4 is 39.7 Å². The van der Waals surface area contributed by atoms with E-state index in [9.17, 15) is 4.79 Å². The molecule has 3 rings (SSSR count). The summed E-state index contributed by atoms with van der Waals surface area (Å²) in [5.41, 5.74) is 4.06. The summed E-state index contributed by atoms with van der Waals surface area (Å²) in [6, 6.07) is 15.8. The first kappa shape index (κ1) is 17.6. The number of Topliss-reactive ketones (excluding diaryl/α,β-unsaturated/α-hetero) is 1. The third-order valence-corrected chi connectivity index (χ3v) is 5.72. The van der Waals surface area contributed by atoms with Crippen molar-refractivity contribution in [3.63, 3.8) is 0 Å². The minimum Gasteiger partial charge on any atom is -0.330 e. The van der Waals surface area contributed by atoms with Gasteiger partial charge in [-0.3, -0.25) is 4.79 Å². The molecule has 0 saturated heterocycles. The Labute approximate surface area is 155 Å². The van der Waals surface area contributed by atoms with Crippen molar-refractivity contribution in [3.05, 3.63) is 65.2 Å². The molecular weight excluding hydrogens is 350 g/mol. The van der Waals surface area contributed by atoms with E-state index < -0.39 is 0 Å². The van der Waals surface area contributed by atoms with E-state index in [1.165, 1.54) is 28.7 Å². The number of benzene rings is 2. The summed E-state index contributed by atoms with van der Waals surface area (Å²) < 4.78 is 0.780. The molecule has 0 aliphatic rings. The molecule has 1 aromatic heterocycles. The van der Waals surface area contributed by atoms with Gasteiger partial charge >= 0.3 is 0 Å². The van der Waals surface area contributed by atoms with E-state index in [-0.39, 0.29) is 11.0 Å². The Morgan fingerprint density at radius 1 is 1.00 bits per heavy atom. The Hall–Kier alpha value is -2.18. The average molecular weight is 370 g/mol. The molecule has 0 saturated carbocycles. The number of nitrogens with zero attached hydrogens (tertiary/aromatic N) is 2. The summed E-state index contributed by atoms with van der Waals surface area (Å²) in [5, 5.41) is 12.1. The van der Waals surface area contributed by atoms with Crippen LogP contribution in [0.5, 0.6) is 0 Å². The lowest BCUT2D eigenvalue weighted by molar-refractivity contribution is 0.0994. The van der Waals surface area contributed by atoms with Crippen molar-refractivity contribution < 1.29 is 4.79 Å². The minimum absolute atomic E-state index is 0.105. The van der Waals surface area contributed by atoms with Gasteiger partial charge in [-0.25, -0.2) is 0 Å². The van der Waals surface area contributed by atoms with Gasteiger partial charge in [0, 0.05) is 11.3 Å². The van der Waals surface area contributed by atoms with Crippen LogP contribution < -0.4 is 5.32 Å². The lowest BCUT2D eigenvalue weighted by Gasteiger charge is -2.08. The van der Waals surface area contributed by atoms with E-state index in [4.69, 9.17) is 0 Å². The molecule has 0 aliphatic heterocycles. The van der Waals surface area contributed by atoms with Crippen molar-refractivity contribution in [2.24, 2.45) is 0 Å². The number of carbonyl (C=O) groups is 1. The van der Waals surface area contributed by atoms with Crippen LogP contribution in [0.3, 0.4) is 0 Å². The van der Waals surface area contributed by atoms with Crippen molar-refractivity contribution in [2.45, 2.75) is 30.4 Å². The molecule has 0 spiro atoms. The molecule has 0 aliphatic carbocycles. The highest BCUT2D eigenvalue weighted by Gasteiger charge is 2.18. The molecule has 0 radical (unpaired) electrons. The molecule has 2 aromatic carbocycles. The molecule has 4 nitrogen and oxygen atoms in total.